The lowest BCUT2D eigenvalue weighted by Crippen LogP contribution is -2.30. The van der Waals surface area contributed by atoms with Crippen LogP contribution in [0.1, 0.15) is 303 Å². The highest BCUT2D eigenvalue weighted by Gasteiger charge is 2.19. The molecule has 6 heteroatoms. The Bertz CT molecular complexity index is 1090. The monoisotopic (exact) mass is 913 g/mol. The topological polar surface area (TPSA) is 78.9 Å². The van der Waals surface area contributed by atoms with Crippen LogP contribution in [0.2, 0.25) is 0 Å². The number of ether oxygens (including phenoxy) is 3. The molecule has 0 saturated heterocycles. The van der Waals surface area contributed by atoms with Crippen molar-refractivity contribution < 1.29 is 28.6 Å². The molecule has 380 valence electrons. The Morgan fingerprint density at radius 1 is 0.308 bits per heavy atom. The van der Waals surface area contributed by atoms with E-state index in [0.717, 1.165) is 83.5 Å². The van der Waals surface area contributed by atoms with Gasteiger partial charge < -0.3 is 14.2 Å². The van der Waals surface area contributed by atoms with E-state index in [1.807, 2.05) is 0 Å². The number of esters is 3. The molecule has 0 heterocycles. The average molecular weight is 914 g/mol. The van der Waals surface area contributed by atoms with Gasteiger partial charge in [-0.2, -0.15) is 0 Å². The van der Waals surface area contributed by atoms with Crippen LogP contribution in [0, 0.1) is 0 Å². The Morgan fingerprint density at radius 3 is 0.862 bits per heavy atom. The zero-order valence-corrected chi connectivity index (χ0v) is 43.5. The van der Waals surface area contributed by atoms with E-state index in [2.05, 4.69) is 57.2 Å². The van der Waals surface area contributed by atoms with Gasteiger partial charge in [0.05, 0.1) is 0 Å². The molecule has 1 atom stereocenters. The van der Waals surface area contributed by atoms with Gasteiger partial charge in [0.1, 0.15) is 13.2 Å². The van der Waals surface area contributed by atoms with E-state index in [1.165, 1.54) is 180 Å². The van der Waals surface area contributed by atoms with Crippen molar-refractivity contribution in [2.24, 2.45) is 0 Å². The predicted octanol–water partition coefficient (Wildman–Crippen LogP) is 18.9. The summed E-state index contributed by atoms with van der Waals surface area (Å²) in [4.78, 5) is 38.1. The third kappa shape index (κ3) is 52.5. The van der Waals surface area contributed by atoms with E-state index >= 15 is 0 Å². The van der Waals surface area contributed by atoms with E-state index in [-0.39, 0.29) is 31.1 Å². The van der Waals surface area contributed by atoms with Crippen molar-refractivity contribution in [3.05, 3.63) is 36.5 Å². The van der Waals surface area contributed by atoms with Crippen LogP contribution in [0.25, 0.3) is 0 Å². The number of hydrogen-bond donors (Lipinski definition) is 0. The maximum absolute atomic E-state index is 12.8. The quantitative estimate of drug-likeness (QED) is 0.0199. The van der Waals surface area contributed by atoms with E-state index in [1.54, 1.807) is 0 Å². The highest BCUT2D eigenvalue weighted by atomic mass is 16.6. The maximum Gasteiger partial charge on any atom is 0.306 e. The molecule has 0 saturated carbocycles. The molecule has 0 bridgehead atoms. The number of hydrogen-bond acceptors (Lipinski definition) is 6. The Labute approximate surface area is 404 Å². The normalized spacial score (nSPS) is 12.2. The van der Waals surface area contributed by atoms with Crippen LogP contribution in [-0.2, 0) is 28.6 Å². The summed E-state index contributed by atoms with van der Waals surface area (Å²) in [5.41, 5.74) is 0. The van der Waals surface area contributed by atoms with Gasteiger partial charge in [-0.1, -0.05) is 250 Å². The van der Waals surface area contributed by atoms with Crippen LogP contribution in [0.15, 0.2) is 36.5 Å². The summed E-state index contributed by atoms with van der Waals surface area (Å²) in [5, 5.41) is 0. The minimum absolute atomic E-state index is 0.0772. The summed E-state index contributed by atoms with van der Waals surface area (Å²) in [6.45, 7) is 6.64. The Hall–Kier alpha value is -2.37. The van der Waals surface area contributed by atoms with Crippen LogP contribution in [0.5, 0.6) is 0 Å². The van der Waals surface area contributed by atoms with Crippen molar-refractivity contribution in [2.45, 2.75) is 309 Å². The van der Waals surface area contributed by atoms with Gasteiger partial charge in [0.2, 0.25) is 0 Å². The SMILES string of the molecule is CCCCCCCCC/C=C\C=C/CCCCCCCC(=O)OCC(COC(=O)CCCCCCCCCCCCCCC)OC(=O)CCCCCCC/C=C\CCCCCCCCC. The lowest BCUT2D eigenvalue weighted by molar-refractivity contribution is -0.167. The molecule has 0 aliphatic carbocycles. The third-order valence-electron chi connectivity index (χ3n) is 12.6. The largest absolute Gasteiger partial charge is 0.462 e. The van der Waals surface area contributed by atoms with Crippen LogP contribution in [-0.4, -0.2) is 37.2 Å². The second-order valence-corrected chi connectivity index (χ2v) is 19.2. The van der Waals surface area contributed by atoms with Gasteiger partial charge in [0, 0.05) is 19.3 Å². The molecule has 0 aromatic heterocycles. The molecule has 0 spiro atoms. The number of unbranched alkanes of at least 4 members (excludes halogenated alkanes) is 36. The zero-order chi connectivity index (χ0) is 47.2. The number of carbonyl (C=O) groups is 3. The molecule has 0 aromatic rings. The van der Waals surface area contributed by atoms with Gasteiger partial charge in [0.25, 0.3) is 0 Å². The summed E-state index contributed by atoms with van der Waals surface area (Å²) in [5.74, 6) is -0.886. The van der Waals surface area contributed by atoms with Gasteiger partial charge in [-0.25, -0.2) is 0 Å². The van der Waals surface area contributed by atoms with Crippen molar-refractivity contribution >= 4 is 17.9 Å². The van der Waals surface area contributed by atoms with E-state index in [0.29, 0.717) is 19.3 Å². The molecule has 0 N–H and O–H groups in total. The van der Waals surface area contributed by atoms with Crippen molar-refractivity contribution in [2.75, 3.05) is 13.2 Å². The molecule has 0 aliphatic heterocycles. The van der Waals surface area contributed by atoms with E-state index < -0.39 is 6.10 Å². The van der Waals surface area contributed by atoms with Crippen LogP contribution >= 0.6 is 0 Å². The molecule has 0 amide bonds. The van der Waals surface area contributed by atoms with Crippen molar-refractivity contribution in [3.63, 3.8) is 0 Å². The number of carbonyl (C=O) groups excluding carboxylic acids is 3. The molecule has 0 fully saturated rings. The maximum atomic E-state index is 12.8. The first kappa shape index (κ1) is 62.6. The van der Waals surface area contributed by atoms with Gasteiger partial charge in [-0.15, -0.1) is 0 Å². The summed E-state index contributed by atoms with van der Waals surface area (Å²) >= 11 is 0. The lowest BCUT2D eigenvalue weighted by atomic mass is 10.0. The van der Waals surface area contributed by atoms with Gasteiger partial charge in [0.15, 0.2) is 6.10 Å². The first-order valence-electron chi connectivity index (χ1n) is 28.5. The third-order valence-corrected chi connectivity index (χ3v) is 12.6. The van der Waals surface area contributed by atoms with Crippen molar-refractivity contribution in [1.82, 2.24) is 0 Å². The molecular weight excluding hydrogens is 805 g/mol. The Morgan fingerprint density at radius 2 is 0.554 bits per heavy atom. The van der Waals surface area contributed by atoms with E-state index in [4.69, 9.17) is 14.2 Å². The van der Waals surface area contributed by atoms with Crippen molar-refractivity contribution in [3.8, 4) is 0 Å². The highest BCUT2D eigenvalue weighted by molar-refractivity contribution is 5.71. The summed E-state index contributed by atoms with van der Waals surface area (Å²) in [7, 11) is 0. The van der Waals surface area contributed by atoms with Crippen LogP contribution in [0.3, 0.4) is 0 Å². The van der Waals surface area contributed by atoms with Gasteiger partial charge in [-0.05, 0) is 70.6 Å². The minimum Gasteiger partial charge on any atom is -0.462 e. The molecule has 6 nitrogen and oxygen atoms in total. The molecule has 1 unspecified atom stereocenters. The molecular formula is C59H108O6. The lowest BCUT2D eigenvalue weighted by Gasteiger charge is -2.18. The molecule has 0 aromatic carbocycles. The van der Waals surface area contributed by atoms with Crippen LogP contribution < -0.4 is 0 Å². The standard InChI is InChI=1S/C59H108O6/c1-4-7-10-13-16-19-22-25-27-29-30-32-34-37-40-43-46-49-52-58(61)64-55-56(54-63-57(60)51-48-45-42-39-36-33-24-21-18-15-12-9-6-3)65-59(62)53-50-47-44-41-38-35-31-28-26-23-20-17-14-11-8-5-2/h27-32,56H,4-26,33-55H2,1-3H3/b29-27-,31-28-,32-30-. The second-order valence-electron chi connectivity index (χ2n) is 19.2. The average Bonchev–Trinajstić information content (AvgIpc) is 3.30. The van der Waals surface area contributed by atoms with Crippen LogP contribution in [0.4, 0.5) is 0 Å². The second kappa shape index (κ2) is 54.2. The molecule has 0 aliphatic rings. The minimum atomic E-state index is -0.780. The Kier molecular flexibility index (Phi) is 52.3. The number of rotatable bonds is 52. The summed E-state index contributed by atoms with van der Waals surface area (Å²) < 4.78 is 16.8. The zero-order valence-electron chi connectivity index (χ0n) is 43.5. The van der Waals surface area contributed by atoms with E-state index in [9.17, 15) is 14.4 Å². The fourth-order valence-corrected chi connectivity index (χ4v) is 8.31. The fraction of sp³-hybridized carbons (Fsp3) is 0.847. The molecule has 0 radical (unpaired) electrons. The summed E-state index contributed by atoms with van der Waals surface area (Å²) in [6, 6.07) is 0. The fourth-order valence-electron chi connectivity index (χ4n) is 8.31. The Balaban J connectivity index is 4.38. The molecule has 0 rings (SSSR count). The van der Waals surface area contributed by atoms with Crippen molar-refractivity contribution in [1.29, 1.82) is 0 Å². The van der Waals surface area contributed by atoms with Gasteiger partial charge >= 0.3 is 17.9 Å². The first-order chi connectivity index (χ1) is 32.0. The predicted molar refractivity (Wildman–Crippen MR) is 279 cm³/mol. The first-order valence-corrected chi connectivity index (χ1v) is 28.5. The smallest absolute Gasteiger partial charge is 0.306 e. The molecule has 65 heavy (non-hydrogen) atoms. The van der Waals surface area contributed by atoms with Gasteiger partial charge in [-0.3, -0.25) is 14.4 Å². The summed E-state index contributed by atoms with van der Waals surface area (Å²) in [6.07, 6.45) is 64.1. The number of allylic oxidation sites excluding steroid dienone is 6. The highest BCUT2D eigenvalue weighted by Crippen LogP contribution is 2.16.